The molecule has 1 rings (SSSR count). The van der Waals surface area contributed by atoms with Crippen molar-refractivity contribution in [2.24, 2.45) is 0 Å². The van der Waals surface area contributed by atoms with Gasteiger partial charge in [-0.05, 0) is 30.7 Å². The monoisotopic (exact) mass is 325 g/mol. The summed E-state index contributed by atoms with van der Waals surface area (Å²) in [6.45, 7) is 0.410. The van der Waals surface area contributed by atoms with E-state index in [0.717, 1.165) is 12.1 Å². The molecule has 0 unspecified atom stereocenters. The summed E-state index contributed by atoms with van der Waals surface area (Å²) in [5.41, 5.74) is 0.103. The van der Waals surface area contributed by atoms with E-state index in [1.54, 1.807) is 6.07 Å². The maximum Gasteiger partial charge on any atom is 0.294 e. The molecule has 4 N–H and O–H groups in total. The maximum absolute atomic E-state index is 11.8. The van der Waals surface area contributed by atoms with Crippen molar-refractivity contribution in [3.8, 4) is 6.07 Å². The molecule has 118 valence electrons. The average Bonchev–Trinajstić information content (AvgIpc) is 2.47. The lowest BCUT2D eigenvalue weighted by atomic mass is 10.2. The largest absolute Gasteiger partial charge is 0.396 e. The molecule has 1 aromatic carbocycles. The zero-order valence-corrected chi connectivity index (χ0v) is 12.3. The summed E-state index contributed by atoms with van der Waals surface area (Å²) < 4.78 is 30.6. The Morgan fingerprint density at radius 3 is 2.45 bits per heavy atom. The van der Waals surface area contributed by atoms with Gasteiger partial charge in [-0.1, -0.05) is 0 Å². The Labute approximate surface area is 127 Å². The highest BCUT2D eigenvalue weighted by Crippen LogP contribution is 2.14. The molecule has 0 heterocycles. The van der Waals surface area contributed by atoms with Gasteiger partial charge in [-0.3, -0.25) is 9.35 Å². The topological polar surface area (TPSA) is 140 Å². The van der Waals surface area contributed by atoms with Gasteiger partial charge in [-0.15, -0.1) is 0 Å². The molecule has 0 aliphatic carbocycles. The lowest BCUT2D eigenvalue weighted by Crippen LogP contribution is -2.17. The van der Waals surface area contributed by atoms with Gasteiger partial charge in [0.15, 0.2) is 0 Å². The van der Waals surface area contributed by atoms with Crippen LogP contribution in [0.2, 0.25) is 0 Å². The number of aliphatic hydroxyl groups excluding tert-OH is 1. The van der Waals surface area contributed by atoms with Gasteiger partial charge >= 0.3 is 0 Å². The van der Waals surface area contributed by atoms with Crippen molar-refractivity contribution >= 4 is 21.7 Å². The molecular formula is C13H15N3O5S. The molecule has 0 bridgehead atoms. The van der Waals surface area contributed by atoms with Crippen LogP contribution >= 0.6 is 0 Å². The van der Waals surface area contributed by atoms with E-state index in [9.17, 15) is 13.2 Å². The number of hydrogen-bond acceptors (Lipinski definition) is 6. The summed E-state index contributed by atoms with van der Waals surface area (Å²) >= 11 is 0. The Hall–Kier alpha value is -2.41. The van der Waals surface area contributed by atoms with Crippen molar-refractivity contribution in [3.63, 3.8) is 0 Å². The van der Waals surface area contributed by atoms with Crippen molar-refractivity contribution in [1.29, 1.82) is 5.26 Å². The average molecular weight is 325 g/mol. The van der Waals surface area contributed by atoms with E-state index < -0.39 is 16.0 Å². The minimum atomic E-state index is -4.29. The number of carbonyl (C=O) groups is 1. The molecule has 0 saturated carbocycles. The number of rotatable bonds is 7. The number of anilines is 1. The minimum Gasteiger partial charge on any atom is -0.396 e. The van der Waals surface area contributed by atoms with E-state index in [0.29, 0.717) is 13.0 Å². The second-order valence-corrected chi connectivity index (χ2v) is 5.58. The van der Waals surface area contributed by atoms with Crippen LogP contribution in [0.15, 0.2) is 40.9 Å². The van der Waals surface area contributed by atoms with Crippen molar-refractivity contribution in [1.82, 2.24) is 5.32 Å². The molecule has 0 fully saturated rings. The summed E-state index contributed by atoms with van der Waals surface area (Å²) in [5.74, 6) is -0.668. The molecular weight excluding hydrogens is 310 g/mol. The zero-order chi connectivity index (χ0) is 16.6. The minimum absolute atomic E-state index is 0.00492. The molecule has 0 atom stereocenters. The number of hydrogen-bond donors (Lipinski definition) is 4. The first-order valence-electron chi connectivity index (χ1n) is 6.22. The number of nitrogens with zero attached hydrogens (tertiary/aromatic N) is 1. The van der Waals surface area contributed by atoms with Gasteiger partial charge in [0.2, 0.25) is 0 Å². The standard InChI is InChI=1S/C13H15N3O5S/c14-8-10(9-15-6-1-7-17)13(18)16-11-2-4-12(5-3-11)22(19,20)21/h2-5,9,15,17H,1,6-7H2,(H,16,18)(H,19,20,21)/b10-9-. The molecule has 0 aliphatic heterocycles. The van der Waals surface area contributed by atoms with E-state index in [2.05, 4.69) is 10.6 Å². The predicted octanol–water partition coefficient (Wildman–Crippen LogP) is 0.251. The number of aliphatic hydroxyl groups is 1. The summed E-state index contributed by atoms with van der Waals surface area (Å²) in [5, 5.41) is 22.6. The van der Waals surface area contributed by atoms with Gasteiger partial charge in [0.1, 0.15) is 11.6 Å². The van der Waals surface area contributed by atoms with Crippen LogP contribution < -0.4 is 10.6 Å². The van der Waals surface area contributed by atoms with Gasteiger partial charge in [0, 0.05) is 25.0 Å². The number of nitrogens with one attached hydrogen (secondary N) is 2. The maximum atomic E-state index is 11.8. The van der Waals surface area contributed by atoms with Crippen LogP contribution in [0.1, 0.15) is 6.42 Å². The highest BCUT2D eigenvalue weighted by Gasteiger charge is 2.11. The normalized spacial score (nSPS) is 11.6. The molecule has 1 amide bonds. The third-order valence-electron chi connectivity index (χ3n) is 2.50. The Kier molecular flexibility index (Phi) is 6.52. The first-order chi connectivity index (χ1) is 10.4. The van der Waals surface area contributed by atoms with E-state index in [1.807, 2.05) is 0 Å². The van der Waals surface area contributed by atoms with Crippen LogP contribution in [0.3, 0.4) is 0 Å². The van der Waals surface area contributed by atoms with Crippen LogP contribution in [0, 0.1) is 11.3 Å². The van der Waals surface area contributed by atoms with Crippen LogP contribution in [0.25, 0.3) is 0 Å². The summed E-state index contributed by atoms with van der Waals surface area (Å²) in [6.07, 6.45) is 1.71. The van der Waals surface area contributed by atoms with E-state index in [-0.39, 0.29) is 22.8 Å². The summed E-state index contributed by atoms with van der Waals surface area (Å²) in [6, 6.07) is 6.55. The van der Waals surface area contributed by atoms with Crippen LogP contribution in [0.4, 0.5) is 5.69 Å². The third kappa shape index (κ3) is 5.53. The Morgan fingerprint density at radius 2 is 1.95 bits per heavy atom. The molecule has 1 aromatic rings. The highest BCUT2D eigenvalue weighted by molar-refractivity contribution is 7.85. The van der Waals surface area contributed by atoms with Crippen molar-refractivity contribution in [2.75, 3.05) is 18.5 Å². The molecule has 0 aromatic heterocycles. The zero-order valence-electron chi connectivity index (χ0n) is 11.5. The van der Waals surface area contributed by atoms with Gasteiger partial charge < -0.3 is 15.7 Å². The smallest absolute Gasteiger partial charge is 0.294 e. The Balaban J connectivity index is 2.72. The molecule has 22 heavy (non-hydrogen) atoms. The second kappa shape index (κ2) is 8.14. The number of amides is 1. The first kappa shape index (κ1) is 17.6. The van der Waals surface area contributed by atoms with Crippen molar-refractivity contribution in [3.05, 3.63) is 36.0 Å². The fourth-order valence-electron chi connectivity index (χ4n) is 1.41. The molecule has 0 saturated heterocycles. The lowest BCUT2D eigenvalue weighted by Gasteiger charge is -2.05. The molecule has 0 radical (unpaired) electrons. The van der Waals surface area contributed by atoms with E-state index in [4.69, 9.17) is 14.9 Å². The van der Waals surface area contributed by atoms with Crippen molar-refractivity contribution in [2.45, 2.75) is 11.3 Å². The second-order valence-electron chi connectivity index (χ2n) is 4.15. The SMILES string of the molecule is N#C/C(=C/NCCCO)C(=O)Nc1ccc(S(=O)(=O)O)cc1. The first-order valence-corrected chi connectivity index (χ1v) is 7.66. The summed E-state index contributed by atoms with van der Waals surface area (Å²) in [4.78, 5) is 11.5. The van der Waals surface area contributed by atoms with Gasteiger partial charge in [0.05, 0.1) is 4.90 Å². The van der Waals surface area contributed by atoms with Crippen LogP contribution in [-0.4, -0.2) is 37.1 Å². The Bertz CT molecular complexity index is 689. The predicted molar refractivity (Wildman–Crippen MR) is 78.3 cm³/mol. The molecule has 9 heteroatoms. The lowest BCUT2D eigenvalue weighted by molar-refractivity contribution is -0.112. The summed E-state index contributed by atoms with van der Waals surface area (Å²) in [7, 11) is -4.29. The van der Waals surface area contributed by atoms with Crippen LogP contribution in [-0.2, 0) is 14.9 Å². The van der Waals surface area contributed by atoms with Gasteiger partial charge in [0.25, 0.3) is 16.0 Å². The van der Waals surface area contributed by atoms with Crippen LogP contribution in [0.5, 0.6) is 0 Å². The molecule has 0 spiro atoms. The highest BCUT2D eigenvalue weighted by atomic mass is 32.2. The van der Waals surface area contributed by atoms with E-state index >= 15 is 0 Å². The van der Waals surface area contributed by atoms with E-state index in [1.165, 1.54) is 18.3 Å². The number of benzene rings is 1. The molecule has 0 aliphatic rings. The quantitative estimate of drug-likeness (QED) is 0.244. The van der Waals surface area contributed by atoms with Gasteiger partial charge in [-0.2, -0.15) is 13.7 Å². The fourth-order valence-corrected chi connectivity index (χ4v) is 1.89. The fraction of sp³-hybridized carbons (Fsp3) is 0.231. The number of carbonyl (C=O) groups excluding carboxylic acids is 1. The number of nitriles is 1. The van der Waals surface area contributed by atoms with Gasteiger partial charge in [-0.25, -0.2) is 0 Å². The molecule has 8 nitrogen and oxygen atoms in total. The third-order valence-corrected chi connectivity index (χ3v) is 3.37. The Morgan fingerprint density at radius 1 is 1.32 bits per heavy atom. The van der Waals surface area contributed by atoms with Crippen molar-refractivity contribution < 1.29 is 22.9 Å².